The number of likely N-dealkylation sites (tertiary alicyclic amines) is 1. The molecule has 1 aromatic rings. The highest BCUT2D eigenvalue weighted by Crippen LogP contribution is 2.25. The lowest BCUT2D eigenvalue weighted by Crippen LogP contribution is -2.35. The van der Waals surface area contributed by atoms with Crippen LogP contribution >= 0.6 is 15.9 Å². The number of rotatable bonds is 2. The van der Waals surface area contributed by atoms with Crippen LogP contribution in [0, 0.1) is 0 Å². The Kier molecular flexibility index (Phi) is 3.66. The van der Waals surface area contributed by atoms with Crippen LogP contribution in [0.3, 0.4) is 0 Å². The predicted molar refractivity (Wildman–Crippen MR) is 67.5 cm³/mol. The van der Waals surface area contributed by atoms with Gasteiger partial charge in [0, 0.05) is 23.8 Å². The molecule has 0 radical (unpaired) electrons. The minimum atomic E-state index is 0.243. The molecule has 88 valence electrons. The first-order valence-corrected chi connectivity index (χ1v) is 6.20. The van der Waals surface area contributed by atoms with Crippen molar-refractivity contribution in [2.45, 2.75) is 18.9 Å². The summed E-state index contributed by atoms with van der Waals surface area (Å²) in [4.78, 5) is 6.49. The number of anilines is 1. The molecule has 0 spiro atoms. The van der Waals surface area contributed by atoms with Gasteiger partial charge in [-0.2, -0.15) is 0 Å². The molecule has 0 atom stereocenters. The van der Waals surface area contributed by atoms with Crippen LogP contribution in [0.4, 0.5) is 5.69 Å². The third-order valence-electron chi connectivity index (χ3n) is 2.79. The summed E-state index contributed by atoms with van der Waals surface area (Å²) in [6.45, 7) is 2.14. The molecule has 0 aromatic carbocycles. The van der Waals surface area contributed by atoms with Gasteiger partial charge >= 0.3 is 0 Å². The maximum absolute atomic E-state index is 5.84. The molecule has 1 fully saturated rings. The minimum absolute atomic E-state index is 0.243. The SMILES string of the molecule is CN1CCC(Oc2ncc(Br)cc2N)CC1. The number of ether oxygens (including phenoxy) is 1. The number of nitrogens with zero attached hydrogens (tertiary/aromatic N) is 2. The quantitative estimate of drug-likeness (QED) is 0.902. The molecular formula is C11H16BrN3O. The lowest BCUT2D eigenvalue weighted by Gasteiger charge is -2.29. The van der Waals surface area contributed by atoms with Gasteiger partial charge in [0.05, 0.1) is 5.69 Å². The van der Waals surface area contributed by atoms with E-state index in [1.165, 1.54) is 0 Å². The molecule has 1 aromatic heterocycles. The van der Waals surface area contributed by atoms with Gasteiger partial charge in [0.1, 0.15) is 6.10 Å². The molecule has 1 aliphatic heterocycles. The highest BCUT2D eigenvalue weighted by atomic mass is 79.9. The summed E-state index contributed by atoms with van der Waals surface area (Å²) in [7, 11) is 2.13. The zero-order chi connectivity index (χ0) is 11.5. The average Bonchev–Trinajstić information content (AvgIpc) is 2.25. The summed E-state index contributed by atoms with van der Waals surface area (Å²) in [6.07, 6.45) is 4.02. The van der Waals surface area contributed by atoms with Gasteiger partial charge in [-0.25, -0.2) is 4.98 Å². The number of piperidine rings is 1. The van der Waals surface area contributed by atoms with Gasteiger partial charge in [-0.15, -0.1) is 0 Å². The van der Waals surface area contributed by atoms with Crippen LogP contribution in [-0.2, 0) is 0 Å². The summed E-state index contributed by atoms with van der Waals surface area (Å²) in [5.74, 6) is 0.553. The van der Waals surface area contributed by atoms with E-state index in [4.69, 9.17) is 10.5 Å². The summed E-state index contributed by atoms with van der Waals surface area (Å²) < 4.78 is 6.68. The second-order valence-electron chi connectivity index (χ2n) is 4.17. The monoisotopic (exact) mass is 285 g/mol. The van der Waals surface area contributed by atoms with Gasteiger partial charge in [0.15, 0.2) is 0 Å². The maximum Gasteiger partial charge on any atom is 0.237 e. The van der Waals surface area contributed by atoms with E-state index in [0.717, 1.165) is 30.4 Å². The zero-order valence-electron chi connectivity index (χ0n) is 9.32. The topological polar surface area (TPSA) is 51.4 Å². The van der Waals surface area contributed by atoms with Crippen LogP contribution in [-0.4, -0.2) is 36.1 Å². The van der Waals surface area contributed by atoms with Crippen molar-refractivity contribution < 1.29 is 4.74 Å². The van der Waals surface area contributed by atoms with Crippen molar-refractivity contribution in [3.63, 3.8) is 0 Å². The highest BCUT2D eigenvalue weighted by molar-refractivity contribution is 9.10. The van der Waals surface area contributed by atoms with Gasteiger partial charge in [-0.3, -0.25) is 0 Å². The lowest BCUT2D eigenvalue weighted by atomic mass is 10.1. The third kappa shape index (κ3) is 2.86. The molecule has 0 amide bonds. The number of hydrogen-bond acceptors (Lipinski definition) is 4. The van der Waals surface area contributed by atoms with E-state index >= 15 is 0 Å². The molecule has 0 bridgehead atoms. The molecule has 0 saturated carbocycles. The number of pyridine rings is 1. The largest absolute Gasteiger partial charge is 0.473 e. The molecule has 2 rings (SSSR count). The molecule has 0 aliphatic carbocycles. The van der Waals surface area contributed by atoms with E-state index in [-0.39, 0.29) is 6.10 Å². The zero-order valence-corrected chi connectivity index (χ0v) is 10.9. The van der Waals surface area contributed by atoms with Crippen LogP contribution in [0.15, 0.2) is 16.7 Å². The molecule has 5 heteroatoms. The first-order chi connectivity index (χ1) is 7.65. The normalized spacial score (nSPS) is 18.6. The van der Waals surface area contributed by atoms with Gasteiger partial charge in [0.2, 0.25) is 5.88 Å². The molecule has 2 heterocycles. The molecule has 0 unspecified atom stereocenters. The number of aromatic nitrogens is 1. The maximum atomic E-state index is 5.84. The van der Waals surface area contributed by atoms with Crippen molar-refractivity contribution in [2.24, 2.45) is 0 Å². The second-order valence-corrected chi connectivity index (χ2v) is 5.08. The van der Waals surface area contributed by atoms with E-state index in [9.17, 15) is 0 Å². The van der Waals surface area contributed by atoms with E-state index in [1.807, 2.05) is 6.07 Å². The van der Waals surface area contributed by atoms with Crippen LogP contribution in [0.25, 0.3) is 0 Å². The van der Waals surface area contributed by atoms with E-state index in [2.05, 4.69) is 32.9 Å². The molecule has 16 heavy (non-hydrogen) atoms. The van der Waals surface area contributed by atoms with Crippen LogP contribution in [0.5, 0.6) is 5.88 Å². The number of nitrogens with two attached hydrogens (primary N) is 1. The predicted octanol–water partition coefficient (Wildman–Crippen LogP) is 1.90. The Morgan fingerprint density at radius 1 is 1.50 bits per heavy atom. The lowest BCUT2D eigenvalue weighted by molar-refractivity contribution is 0.111. The van der Waals surface area contributed by atoms with E-state index in [0.29, 0.717) is 11.6 Å². The fraction of sp³-hybridized carbons (Fsp3) is 0.545. The number of hydrogen-bond donors (Lipinski definition) is 1. The average molecular weight is 286 g/mol. The fourth-order valence-electron chi connectivity index (χ4n) is 1.80. The Labute approximate surface area is 104 Å². The molecule has 1 saturated heterocycles. The van der Waals surface area contributed by atoms with Gasteiger partial charge in [-0.05, 0) is 41.9 Å². The van der Waals surface area contributed by atoms with Crippen LogP contribution in [0.1, 0.15) is 12.8 Å². The smallest absolute Gasteiger partial charge is 0.237 e. The van der Waals surface area contributed by atoms with Gasteiger partial charge in [0.25, 0.3) is 0 Å². The Hall–Kier alpha value is -0.810. The highest BCUT2D eigenvalue weighted by Gasteiger charge is 2.19. The molecule has 1 aliphatic rings. The van der Waals surface area contributed by atoms with E-state index in [1.54, 1.807) is 6.20 Å². The minimum Gasteiger partial charge on any atom is -0.473 e. The summed E-state index contributed by atoms with van der Waals surface area (Å²) in [5.41, 5.74) is 6.43. The fourth-order valence-corrected chi connectivity index (χ4v) is 2.15. The van der Waals surface area contributed by atoms with Crippen molar-refractivity contribution in [1.82, 2.24) is 9.88 Å². The Bertz CT molecular complexity index is 364. The van der Waals surface area contributed by atoms with Gasteiger partial charge in [-0.1, -0.05) is 0 Å². The third-order valence-corrected chi connectivity index (χ3v) is 3.22. The first kappa shape index (κ1) is 11.7. The number of nitrogen functional groups attached to an aromatic ring is 1. The van der Waals surface area contributed by atoms with Gasteiger partial charge < -0.3 is 15.4 Å². The van der Waals surface area contributed by atoms with Crippen molar-refractivity contribution in [2.75, 3.05) is 25.9 Å². The molecule has 2 N–H and O–H groups in total. The summed E-state index contributed by atoms with van der Waals surface area (Å²) in [6, 6.07) is 1.82. The number of halogens is 1. The van der Waals surface area contributed by atoms with Crippen LogP contribution in [0.2, 0.25) is 0 Å². The van der Waals surface area contributed by atoms with Crippen molar-refractivity contribution >= 4 is 21.6 Å². The Morgan fingerprint density at radius 3 is 2.81 bits per heavy atom. The standard InChI is InChI=1S/C11H16BrN3O/c1-15-4-2-9(3-5-15)16-11-10(13)6-8(12)7-14-11/h6-7,9H,2-5,13H2,1H3. The van der Waals surface area contributed by atoms with Crippen LogP contribution < -0.4 is 10.5 Å². The molecule has 4 nitrogen and oxygen atoms in total. The van der Waals surface area contributed by atoms with Crippen molar-refractivity contribution in [3.8, 4) is 5.88 Å². The Morgan fingerprint density at radius 2 is 2.19 bits per heavy atom. The first-order valence-electron chi connectivity index (χ1n) is 5.41. The van der Waals surface area contributed by atoms with Crippen molar-refractivity contribution in [1.29, 1.82) is 0 Å². The summed E-state index contributed by atoms with van der Waals surface area (Å²) >= 11 is 3.32. The van der Waals surface area contributed by atoms with E-state index < -0.39 is 0 Å². The summed E-state index contributed by atoms with van der Waals surface area (Å²) in [5, 5.41) is 0. The Balaban J connectivity index is 1.98. The molecular weight excluding hydrogens is 270 g/mol. The van der Waals surface area contributed by atoms with Crippen molar-refractivity contribution in [3.05, 3.63) is 16.7 Å². The second kappa shape index (κ2) is 5.01.